The van der Waals surface area contributed by atoms with E-state index in [2.05, 4.69) is 5.32 Å². The van der Waals surface area contributed by atoms with Gasteiger partial charge in [0.15, 0.2) is 0 Å². The number of thiophene rings is 1. The van der Waals surface area contributed by atoms with Gasteiger partial charge in [0.05, 0.1) is 17.4 Å². The number of hydrogen-bond donors (Lipinski definition) is 1. The van der Waals surface area contributed by atoms with Gasteiger partial charge in [-0.25, -0.2) is 0 Å². The molecule has 1 aliphatic rings. The first-order valence-corrected chi connectivity index (χ1v) is 7.47. The summed E-state index contributed by atoms with van der Waals surface area (Å²) in [7, 11) is 0. The summed E-state index contributed by atoms with van der Waals surface area (Å²) in [6.07, 6.45) is 0.673. The fourth-order valence-corrected chi connectivity index (χ4v) is 3.27. The van der Waals surface area contributed by atoms with Gasteiger partial charge in [0.1, 0.15) is 6.04 Å². The minimum atomic E-state index is -0.392. The Kier molecular flexibility index (Phi) is 4.47. The van der Waals surface area contributed by atoms with E-state index in [-0.39, 0.29) is 18.4 Å². The van der Waals surface area contributed by atoms with E-state index in [0.717, 1.165) is 4.88 Å². The average Bonchev–Trinajstić information content (AvgIpc) is 2.70. The third-order valence-electron chi connectivity index (χ3n) is 2.96. The van der Waals surface area contributed by atoms with Gasteiger partial charge in [0, 0.05) is 4.88 Å². The van der Waals surface area contributed by atoms with Crippen LogP contribution in [0, 0.1) is 5.92 Å². The molecule has 1 aromatic rings. The Balaban J connectivity index is 2.06. The van der Waals surface area contributed by atoms with Crippen molar-refractivity contribution in [3.05, 3.63) is 21.3 Å². The molecule has 1 N–H and O–H groups in total. The highest BCUT2D eigenvalue weighted by Crippen LogP contribution is 2.23. The second-order valence-electron chi connectivity index (χ2n) is 5.15. The average molecular weight is 301 g/mol. The van der Waals surface area contributed by atoms with Crippen molar-refractivity contribution >= 4 is 34.8 Å². The minimum absolute atomic E-state index is 0.00202. The molecule has 1 aliphatic heterocycles. The highest BCUT2D eigenvalue weighted by molar-refractivity contribution is 7.16. The maximum atomic E-state index is 12.3. The Bertz CT molecular complexity index is 487. The van der Waals surface area contributed by atoms with E-state index in [1.165, 1.54) is 11.3 Å². The van der Waals surface area contributed by atoms with Crippen LogP contribution in [-0.4, -0.2) is 29.3 Å². The lowest BCUT2D eigenvalue weighted by molar-refractivity contribution is -0.145. The number of rotatable bonds is 4. The molecular formula is C13H17ClN2O2S. The summed E-state index contributed by atoms with van der Waals surface area (Å²) in [5, 5.41) is 2.77. The number of halogens is 1. The lowest BCUT2D eigenvalue weighted by Gasteiger charge is -2.33. The first-order valence-electron chi connectivity index (χ1n) is 6.28. The summed E-state index contributed by atoms with van der Waals surface area (Å²) >= 11 is 7.32. The molecule has 0 aromatic carbocycles. The van der Waals surface area contributed by atoms with Crippen LogP contribution in [-0.2, 0) is 16.1 Å². The molecule has 1 fully saturated rings. The van der Waals surface area contributed by atoms with Gasteiger partial charge < -0.3 is 10.2 Å². The summed E-state index contributed by atoms with van der Waals surface area (Å²) in [5.74, 6) is 0.274. The predicted molar refractivity (Wildman–Crippen MR) is 76.1 cm³/mol. The van der Waals surface area contributed by atoms with Gasteiger partial charge >= 0.3 is 0 Å². The molecule has 6 heteroatoms. The van der Waals surface area contributed by atoms with Gasteiger partial charge in [-0.3, -0.25) is 9.59 Å². The zero-order valence-electron chi connectivity index (χ0n) is 11.0. The fraction of sp³-hybridized carbons (Fsp3) is 0.538. The van der Waals surface area contributed by atoms with Crippen LogP contribution < -0.4 is 5.32 Å². The number of carbonyl (C=O) groups excluding carboxylic acids is 2. The third-order valence-corrected chi connectivity index (χ3v) is 4.18. The minimum Gasteiger partial charge on any atom is -0.343 e. The lowest BCUT2D eigenvalue weighted by atomic mass is 10.0. The van der Waals surface area contributed by atoms with Crippen molar-refractivity contribution in [2.45, 2.75) is 32.9 Å². The first-order chi connectivity index (χ1) is 8.95. The van der Waals surface area contributed by atoms with Crippen LogP contribution in [0.3, 0.4) is 0 Å². The molecule has 104 valence electrons. The number of carbonyl (C=O) groups is 2. The van der Waals surface area contributed by atoms with Gasteiger partial charge in [-0.2, -0.15) is 0 Å². The Morgan fingerprint density at radius 1 is 1.47 bits per heavy atom. The Hall–Kier alpha value is -1.07. The van der Waals surface area contributed by atoms with Crippen LogP contribution in [0.1, 0.15) is 25.1 Å². The fourth-order valence-electron chi connectivity index (χ4n) is 2.16. The van der Waals surface area contributed by atoms with Crippen LogP contribution in [0.15, 0.2) is 12.1 Å². The quantitative estimate of drug-likeness (QED) is 0.927. The van der Waals surface area contributed by atoms with E-state index in [9.17, 15) is 9.59 Å². The normalized spacial score (nSPS) is 20.0. The van der Waals surface area contributed by atoms with Gasteiger partial charge in [0.25, 0.3) is 0 Å². The molecule has 2 amide bonds. The molecule has 19 heavy (non-hydrogen) atoms. The van der Waals surface area contributed by atoms with Gasteiger partial charge in [0.2, 0.25) is 11.8 Å². The molecule has 1 saturated heterocycles. The zero-order chi connectivity index (χ0) is 14.0. The van der Waals surface area contributed by atoms with Crippen LogP contribution >= 0.6 is 22.9 Å². The highest BCUT2D eigenvalue weighted by atomic mass is 35.5. The Morgan fingerprint density at radius 3 is 2.79 bits per heavy atom. The van der Waals surface area contributed by atoms with Crippen LogP contribution in [0.25, 0.3) is 0 Å². The van der Waals surface area contributed by atoms with Crippen molar-refractivity contribution in [1.29, 1.82) is 0 Å². The first kappa shape index (κ1) is 14.3. The number of piperazine rings is 1. The van der Waals surface area contributed by atoms with E-state index >= 15 is 0 Å². The molecular weight excluding hydrogens is 284 g/mol. The van der Waals surface area contributed by atoms with Crippen molar-refractivity contribution in [3.63, 3.8) is 0 Å². The molecule has 0 spiro atoms. The van der Waals surface area contributed by atoms with E-state index in [0.29, 0.717) is 23.2 Å². The molecule has 0 bridgehead atoms. The summed E-state index contributed by atoms with van der Waals surface area (Å²) in [5.41, 5.74) is 0. The Morgan fingerprint density at radius 2 is 2.21 bits per heavy atom. The second kappa shape index (κ2) is 5.92. The van der Waals surface area contributed by atoms with E-state index < -0.39 is 6.04 Å². The van der Waals surface area contributed by atoms with E-state index in [1.54, 1.807) is 4.90 Å². The topological polar surface area (TPSA) is 49.4 Å². The van der Waals surface area contributed by atoms with Gasteiger partial charge in [-0.15, -0.1) is 11.3 Å². The molecule has 4 nitrogen and oxygen atoms in total. The smallest absolute Gasteiger partial charge is 0.245 e. The maximum absolute atomic E-state index is 12.3. The van der Waals surface area contributed by atoms with Crippen molar-refractivity contribution in [1.82, 2.24) is 10.2 Å². The third kappa shape index (κ3) is 3.70. The summed E-state index contributed by atoms with van der Waals surface area (Å²) in [6.45, 7) is 4.66. The number of hydrogen-bond acceptors (Lipinski definition) is 3. The van der Waals surface area contributed by atoms with Crippen LogP contribution in [0.5, 0.6) is 0 Å². The lowest BCUT2D eigenvalue weighted by Crippen LogP contribution is -2.57. The standard InChI is InChI=1S/C13H17ClN2O2S/c1-8(2)5-10-13(18)16(7-12(17)15-10)6-9-3-4-11(14)19-9/h3-4,8,10H,5-7H2,1-2H3,(H,15,17). The number of nitrogens with one attached hydrogen (secondary N) is 1. The Labute approximate surface area is 121 Å². The second-order valence-corrected chi connectivity index (χ2v) is 6.95. The molecule has 1 aromatic heterocycles. The van der Waals surface area contributed by atoms with Crippen molar-refractivity contribution in [2.24, 2.45) is 5.92 Å². The summed E-state index contributed by atoms with van der Waals surface area (Å²) in [4.78, 5) is 26.6. The summed E-state index contributed by atoms with van der Waals surface area (Å²) in [6, 6.07) is 3.31. The predicted octanol–water partition coefficient (Wildman–Crippen LogP) is 2.27. The van der Waals surface area contributed by atoms with E-state index in [1.807, 2.05) is 26.0 Å². The molecule has 1 atom stereocenters. The molecule has 0 saturated carbocycles. The molecule has 0 aliphatic carbocycles. The van der Waals surface area contributed by atoms with Crippen molar-refractivity contribution in [3.8, 4) is 0 Å². The monoisotopic (exact) mass is 300 g/mol. The summed E-state index contributed by atoms with van der Waals surface area (Å²) < 4.78 is 0.697. The largest absolute Gasteiger partial charge is 0.343 e. The number of nitrogens with zero attached hydrogens (tertiary/aromatic N) is 1. The SMILES string of the molecule is CC(C)CC1NC(=O)CN(Cc2ccc(Cl)s2)C1=O. The molecule has 2 rings (SSSR count). The van der Waals surface area contributed by atoms with Gasteiger partial charge in [-0.1, -0.05) is 25.4 Å². The highest BCUT2D eigenvalue weighted by Gasteiger charge is 2.32. The zero-order valence-corrected chi connectivity index (χ0v) is 12.6. The molecule has 2 heterocycles. The van der Waals surface area contributed by atoms with E-state index in [4.69, 9.17) is 11.6 Å². The maximum Gasteiger partial charge on any atom is 0.245 e. The molecule has 1 unspecified atom stereocenters. The van der Waals surface area contributed by atoms with Crippen LogP contribution in [0.4, 0.5) is 0 Å². The molecule has 0 radical (unpaired) electrons. The van der Waals surface area contributed by atoms with Crippen LogP contribution in [0.2, 0.25) is 4.34 Å². The number of amides is 2. The van der Waals surface area contributed by atoms with Crippen molar-refractivity contribution in [2.75, 3.05) is 6.54 Å². The van der Waals surface area contributed by atoms with Gasteiger partial charge in [-0.05, 0) is 24.5 Å². The van der Waals surface area contributed by atoms with Crippen molar-refractivity contribution < 1.29 is 9.59 Å².